The van der Waals surface area contributed by atoms with Crippen LogP contribution in [0.1, 0.15) is 5.56 Å². The summed E-state index contributed by atoms with van der Waals surface area (Å²) in [5.41, 5.74) is 1.23. The van der Waals surface area contributed by atoms with Crippen molar-refractivity contribution in [2.24, 2.45) is 0 Å². The first-order chi connectivity index (χ1) is 8.24. The number of rotatable bonds is 4. The molecule has 2 nitrogen and oxygen atoms in total. The third-order valence-corrected chi connectivity index (χ3v) is 2.92. The van der Waals surface area contributed by atoms with Crippen LogP contribution in [0.5, 0.6) is 11.5 Å². The molecular weight excluding hydrogens is 280 g/mol. The fraction of sp³-hybridized carbons (Fsp3) is 0.143. The third-order valence-electron chi connectivity index (χ3n) is 2.39. The standard InChI is InChI=1S/C14H13BrO2/c15-12-6-4-11(5-7-12)8-9-17-14-3-1-2-13(16)10-14/h1-7,10,16H,8-9H2. The van der Waals surface area contributed by atoms with Gasteiger partial charge in [-0.1, -0.05) is 34.1 Å². The van der Waals surface area contributed by atoms with Gasteiger partial charge in [-0.05, 0) is 29.8 Å². The van der Waals surface area contributed by atoms with Crippen LogP contribution in [0.4, 0.5) is 0 Å². The lowest BCUT2D eigenvalue weighted by Crippen LogP contribution is -2.00. The lowest BCUT2D eigenvalue weighted by atomic mass is 10.2. The van der Waals surface area contributed by atoms with Gasteiger partial charge in [0.2, 0.25) is 0 Å². The van der Waals surface area contributed by atoms with Crippen LogP contribution in [0, 0.1) is 0 Å². The van der Waals surface area contributed by atoms with Crippen molar-refractivity contribution in [1.82, 2.24) is 0 Å². The molecule has 0 fully saturated rings. The Morgan fingerprint density at radius 2 is 1.82 bits per heavy atom. The topological polar surface area (TPSA) is 29.5 Å². The Bertz CT molecular complexity index is 480. The quantitative estimate of drug-likeness (QED) is 0.929. The van der Waals surface area contributed by atoms with E-state index in [0.29, 0.717) is 12.4 Å². The Morgan fingerprint density at radius 1 is 1.06 bits per heavy atom. The number of ether oxygens (including phenoxy) is 1. The van der Waals surface area contributed by atoms with Gasteiger partial charge in [0.1, 0.15) is 11.5 Å². The van der Waals surface area contributed by atoms with Crippen molar-refractivity contribution in [2.75, 3.05) is 6.61 Å². The molecule has 17 heavy (non-hydrogen) atoms. The summed E-state index contributed by atoms with van der Waals surface area (Å²) in [4.78, 5) is 0. The van der Waals surface area contributed by atoms with E-state index in [9.17, 15) is 5.11 Å². The molecule has 2 aromatic rings. The summed E-state index contributed by atoms with van der Waals surface area (Å²) in [7, 11) is 0. The molecule has 3 heteroatoms. The molecule has 0 bridgehead atoms. The smallest absolute Gasteiger partial charge is 0.122 e. The predicted octanol–water partition coefficient (Wildman–Crippen LogP) is 3.78. The van der Waals surface area contributed by atoms with Gasteiger partial charge in [-0.25, -0.2) is 0 Å². The van der Waals surface area contributed by atoms with Crippen molar-refractivity contribution in [3.63, 3.8) is 0 Å². The van der Waals surface area contributed by atoms with Crippen molar-refractivity contribution in [3.05, 3.63) is 58.6 Å². The van der Waals surface area contributed by atoms with E-state index in [-0.39, 0.29) is 5.75 Å². The van der Waals surface area contributed by atoms with Gasteiger partial charge < -0.3 is 9.84 Å². The second-order valence-corrected chi connectivity index (χ2v) is 4.64. The van der Waals surface area contributed by atoms with Crippen molar-refractivity contribution in [3.8, 4) is 11.5 Å². The van der Waals surface area contributed by atoms with Gasteiger partial charge >= 0.3 is 0 Å². The van der Waals surface area contributed by atoms with E-state index in [4.69, 9.17) is 4.74 Å². The van der Waals surface area contributed by atoms with Crippen molar-refractivity contribution < 1.29 is 9.84 Å². The maximum absolute atomic E-state index is 9.27. The Kier molecular flexibility index (Phi) is 4.04. The number of phenols is 1. The molecule has 0 radical (unpaired) electrons. The molecule has 0 heterocycles. The van der Waals surface area contributed by atoms with E-state index in [0.717, 1.165) is 10.9 Å². The molecule has 88 valence electrons. The molecule has 0 aliphatic rings. The number of hydrogen-bond acceptors (Lipinski definition) is 2. The minimum absolute atomic E-state index is 0.228. The van der Waals surface area contributed by atoms with E-state index in [1.54, 1.807) is 18.2 Å². The Morgan fingerprint density at radius 3 is 2.53 bits per heavy atom. The minimum Gasteiger partial charge on any atom is -0.508 e. The van der Waals surface area contributed by atoms with Crippen molar-refractivity contribution in [1.29, 1.82) is 0 Å². The molecule has 0 atom stereocenters. The average molecular weight is 293 g/mol. The molecule has 2 rings (SSSR count). The van der Waals surface area contributed by atoms with Gasteiger partial charge in [0.25, 0.3) is 0 Å². The van der Waals surface area contributed by atoms with Crippen molar-refractivity contribution >= 4 is 15.9 Å². The first-order valence-corrected chi connectivity index (χ1v) is 6.19. The van der Waals surface area contributed by atoms with E-state index in [2.05, 4.69) is 28.1 Å². The summed E-state index contributed by atoms with van der Waals surface area (Å²) in [6, 6.07) is 15.0. The van der Waals surface area contributed by atoms with Crippen LogP contribution in [0.2, 0.25) is 0 Å². The number of benzene rings is 2. The summed E-state index contributed by atoms with van der Waals surface area (Å²) in [5, 5.41) is 9.27. The van der Waals surface area contributed by atoms with Crippen LogP contribution >= 0.6 is 15.9 Å². The molecular formula is C14H13BrO2. The zero-order valence-electron chi connectivity index (χ0n) is 9.27. The molecule has 1 N–H and O–H groups in total. The fourth-order valence-electron chi connectivity index (χ4n) is 1.51. The van der Waals surface area contributed by atoms with E-state index < -0.39 is 0 Å². The van der Waals surface area contributed by atoms with Crippen LogP contribution < -0.4 is 4.74 Å². The first-order valence-electron chi connectivity index (χ1n) is 5.40. The van der Waals surface area contributed by atoms with Crippen LogP contribution in [-0.4, -0.2) is 11.7 Å². The van der Waals surface area contributed by atoms with E-state index in [1.165, 1.54) is 5.56 Å². The maximum Gasteiger partial charge on any atom is 0.122 e. The molecule has 0 aromatic heterocycles. The zero-order valence-corrected chi connectivity index (χ0v) is 10.9. The Labute approximate surface area is 109 Å². The molecule has 2 aromatic carbocycles. The second-order valence-electron chi connectivity index (χ2n) is 3.72. The normalized spacial score (nSPS) is 10.2. The van der Waals surface area contributed by atoms with Crippen LogP contribution in [0.25, 0.3) is 0 Å². The number of phenolic OH excluding ortho intramolecular Hbond substituents is 1. The fourth-order valence-corrected chi connectivity index (χ4v) is 1.78. The van der Waals surface area contributed by atoms with Crippen LogP contribution in [0.3, 0.4) is 0 Å². The minimum atomic E-state index is 0.228. The summed E-state index contributed by atoms with van der Waals surface area (Å²) in [6.45, 7) is 0.602. The van der Waals surface area contributed by atoms with Gasteiger partial charge in [-0.15, -0.1) is 0 Å². The Hall–Kier alpha value is -1.48. The monoisotopic (exact) mass is 292 g/mol. The van der Waals surface area contributed by atoms with Gasteiger partial charge in [0.05, 0.1) is 6.61 Å². The predicted molar refractivity (Wildman–Crippen MR) is 71.4 cm³/mol. The average Bonchev–Trinajstić information content (AvgIpc) is 2.32. The van der Waals surface area contributed by atoms with Crippen molar-refractivity contribution in [2.45, 2.75) is 6.42 Å². The zero-order chi connectivity index (χ0) is 12.1. The highest BCUT2D eigenvalue weighted by atomic mass is 79.9. The van der Waals surface area contributed by atoms with Gasteiger partial charge in [0.15, 0.2) is 0 Å². The highest BCUT2D eigenvalue weighted by molar-refractivity contribution is 9.10. The number of aromatic hydroxyl groups is 1. The Balaban J connectivity index is 1.85. The van der Waals surface area contributed by atoms with E-state index >= 15 is 0 Å². The summed E-state index contributed by atoms with van der Waals surface area (Å²) < 4.78 is 6.63. The highest BCUT2D eigenvalue weighted by Crippen LogP contribution is 2.18. The van der Waals surface area contributed by atoms with Gasteiger partial charge in [-0.3, -0.25) is 0 Å². The van der Waals surface area contributed by atoms with Crippen LogP contribution in [0.15, 0.2) is 53.0 Å². The molecule has 0 saturated carbocycles. The first kappa shape index (κ1) is 12.0. The lowest BCUT2D eigenvalue weighted by Gasteiger charge is -2.06. The van der Waals surface area contributed by atoms with Crippen LogP contribution in [-0.2, 0) is 6.42 Å². The van der Waals surface area contributed by atoms with E-state index in [1.807, 2.05) is 18.2 Å². The molecule has 0 spiro atoms. The molecule has 0 unspecified atom stereocenters. The summed E-state index contributed by atoms with van der Waals surface area (Å²) >= 11 is 3.40. The summed E-state index contributed by atoms with van der Waals surface area (Å²) in [6.07, 6.45) is 0.850. The molecule has 0 amide bonds. The molecule has 0 saturated heterocycles. The summed E-state index contributed by atoms with van der Waals surface area (Å²) in [5.74, 6) is 0.924. The number of halogens is 1. The maximum atomic E-state index is 9.27. The number of hydrogen-bond donors (Lipinski definition) is 1. The molecule has 0 aliphatic carbocycles. The van der Waals surface area contributed by atoms with Gasteiger partial charge in [-0.2, -0.15) is 0 Å². The SMILES string of the molecule is Oc1cccc(OCCc2ccc(Br)cc2)c1. The highest BCUT2D eigenvalue weighted by Gasteiger charge is 1.97. The van der Waals surface area contributed by atoms with Gasteiger partial charge in [0, 0.05) is 17.0 Å². The second kappa shape index (κ2) is 5.73. The molecule has 0 aliphatic heterocycles. The third kappa shape index (κ3) is 3.79. The largest absolute Gasteiger partial charge is 0.508 e. The lowest BCUT2D eigenvalue weighted by molar-refractivity contribution is 0.320.